The third kappa shape index (κ3) is 4.96. The molecule has 14 heavy (non-hydrogen) atoms. The zero-order valence-corrected chi connectivity index (χ0v) is 7.68. The topological polar surface area (TPSA) is 124 Å². The van der Waals surface area contributed by atoms with E-state index < -0.39 is 12.0 Å². The van der Waals surface area contributed by atoms with Gasteiger partial charge in [-0.05, 0) is 19.6 Å². The number of aliphatic imine (C=N–C) groups is 2. The van der Waals surface area contributed by atoms with Gasteiger partial charge in [-0.3, -0.25) is 9.98 Å². The molecule has 0 aromatic heterocycles. The number of guanidine groups is 1. The number of rotatable bonds is 6. The highest BCUT2D eigenvalue weighted by Crippen LogP contribution is 2.01. The third-order valence-corrected chi connectivity index (χ3v) is 1.53. The smallest absolute Gasteiger partial charge is 0.328 e. The Morgan fingerprint density at radius 3 is 2.71 bits per heavy atom. The fourth-order valence-corrected chi connectivity index (χ4v) is 0.806. The van der Waals surface area contributed by atoms with Crippen LogP contribution < -0.4 is 5.73 Å². The van der Waals surface area contributed by atoms with Gasteiger partial charge in [0.05, 0.1) is 0 Å². The molecule has 0 saturated heterocycles. The first-order valence-corrected chi connectivity index (χ1v) is 3.97. The van der Waals surface area contributed by atoms with E-state index in [-0.39, 0.29) is 5.96 Å². The van der Waals surface area contributed by atoms with Gasteiger partial charge in [0, 0.05) is 6.54 Å². The molecule has 0 spiro atoms. The number of hydrogen-bond acceptors (Lipinski definition) is 4. The zero-order valence-electron chi connectivity index (χ0n) is 7.68. The maximum atomic E-state index is 10.5. The second kappa shape index (κ2) is 6.70. The highest BCUT2D eigenvalue weighted by molar-refractivity contribution is 5.77. The highest BCUT2D eigenvalue weighted by Gasteiger charge is 2.13. The fraction of sp³-hybridized carbons (Fsp3) is 0.571. The van der Waals surface area contributed by atoms with Crippen LogP contribution in [0.25, 0.3) is 0 Å². The molecule has 1 atom stereocenters. The van der Waals surface area contributed by atoms with Crippen LogP contribution in [-0.2, 0) is 4.79 Å². The predicted octanol–water partition coefficient (Wildman–Crippen LogP) is 0.266. The first-order chi connectivity index (χ1) is 6.61. The van der Waals surface area contributed by atoms with E-state index in [1.165, 1.54) is 0 Å². The van der Waals surface area contributed by atoms with Crippen LogP contribution in [0, 0.1) is 5.53 Å². The molecule has 0 heterocycles. The molecule has 0 unspecified atom stereocenters. The van der Waals surface area contributed by atoms with Crippen molar-refractivity contribution in [2.75, 3.05) is 6.54 Å². The molecule has 0 amide bonds. The van der Waals surface area contributed by atoms with E-state index in [2.05, 4.69) is 21.8 Å². The Morgan fingerprint density at radius 1 is 1.64 bits per heavy atom. The first kappa shape index (κ1) is 12.2. The number of carbonyl (C=O) groups is 1. The van der Waals surface area contributed by atoms with Crippen molar-refractivity contribution in [3.8, 4) is 0 Å². The minimum atomic E-state index is -0.998. The third-order valence-electron chi connectivity index (χ3n) is 1.53. The SMILES string of the molecule is C=N[C@@H](CCCN=C(N)N=N)C(=O)O. The van der Waals surface area contributed by atoms with Crippen molar-refractivity contribution >= 4 is 18.6 Å². The number of carboxylic acids is 1. The van der Waals surface area contributed by atoms with Crippen molar-refractivity contribution in [1.82, 2.24) is 0 Å². The largest absolute Gasteiger partial charge is 0.480 e. The van der Waals surface area contributed by atoms with Gasteiger partial charge < -0.3 is 10.8 Å². The van der Waals surface area contributed by atoms with E-state index in [0.29, 0.717) is 19.4 Å². The molecule has 0 rings (SSSR count). The average Bonchev–Trinajstić information content (AvgIpc) is 2.16. The van der Waals surface area contributed by atoms with Gasteiger partial charge in [-0.25, -0.2) is 10.3 Å². The van der Waals surface area contributed by atoms with Crippen molar-refractivity contribution in [3.05, 3.63) is 0 Å². The van der Waals surface area contributed by atoms with Gasteiger partial charge in [0.1, 0.15) is 6.04 Å². The summed E-state index contributed by atoms with van der Waals surface area (Å²) in [6.45, 7) is 3.51. The molecule has 0 aliphatic carbocycles. The second-order valence-corrected chi connectivity index (χ2v) is 2.53. The number of nitrogens with zero attached hydrogens (tertiary/aromatic N) is 3. The average molecular weight is 199 g/mol. The monoisotopic (exact) mass is 199 g/mol. The summed E-state index contributed by atoms with van der Waals surface area (Å²) >= 11 is 0. The Hall–Kier alpha value is -1.79. The summed E-state index contributed by atoms with van der Waals surface area (Å²) in [4.78, 5) is 17.6. The van der Waals surface area contributed by atoms with E-state index in [9.17, 15) is 4.79 Å². The molecule has 0 aliphatic heterocycles. The lowest BCUT2D eigenvalue weighted by atomic mass is 10.2. The van der Waals surface area contributed by atoms with E-state index in [4.69, 9.17) is 16.4 Å². The van der Waals surface area contributed by atoms with Crippen molar-refractivity contribution < 1.29 is 9.90 Å². The van der Waals surface area contributed by atoms with E-state index >= 15 is 0 Å². The summed E-state index contributed by atoms with van der Waals surface area (Å²) in [6.07, 6.45) is 0.875. The normalized spacial score (nSPS) is 13.3. The molecular weight excluding hydrogens is 186 g/mol. The van der Waals surface area contributed by atoms with Crippen molar-refractivity contribution in [1.29, 1.82) is 5.53 Å². The molecule has 0 aromatic carbocycles. The van der Waals surface area contributed by atoms with Crippen LogP contribution in [0.4, 0.5) is 0 Å². The van der Waals surface area contributed by atoms with Crippen LogP contribution in [0.1, 0.15) is 12.8 Å². The summed E-state index contributed by atoms with van der Waals surface area (Å²) in [7, 11) is 0. The predicted molar refractivity (Wildman–Crippen MR) is 51.8 cm³/mol. The molecule has 0 fully saturated rings. The van der Waals surface area contributed by atoms with Gasteiger partial charge in [-0.2, -0.15) is 0 Å². The fourth-order valence-electron chi connectivity index (χ4n) is 0.806. The molecule has 0 bridgehead atoms. The zero-order chi connectivity index (χ0) is 11.0. The van der Waals surface area contributed by atoms with Crippen LogP contribution in [0.2, 0.25) is 0 Å². The lowest BCUT2D eigenvalue weighted by molar-refractivity contribution is -0.138. The van der Waals surface area contributed by atoms with Crippen molar-refractivity contribution in [2.24, 2.45) is 20.8 Å². The summed E-state index contributed by atoms with van der Waals surface area (Å²) in [6, 6.07) is -0.792. The van der Waals surface area contributed by atoms with Gasteiger partial charge in [0.2, 0.25) is 5.96 Å². The number of nitrogens with two attached hydrogens (primary N) is 1. The highest BCUT2D eigenvalue weighted by atomic mass is 16.4. The Balaban J connectivity index is 3.78. The Morgan fingerprint density at radius 2 is 2.29 bits per heavy atom. The molecule has 0 radical (unpaired) electrons. The number of hydrogen-bond donors (Lipinski definition) is 3. The molecular formula is C7H13N5O2. The summed E-state index contributed by atoms with van der Waals surface area (Å²) in [5, 5.41) is 11.5. The van der Waals surface area contributed by atoms with Gasteiger partial charge in [0.25, 0.3) is 0 Å². The molecule has 78 valence electrons. The first-order valence-electron chi connectivity index (χ1n) is 3.97. The Labute approximate surface area is 81.3 Å². The lowest BCUT2D eigenvalue weighted by Gasteiger charge is -2.03. The Bertz CT molecular complexity index is 250. The van der Waals surface area contributed by atoms with Gasteiger partial charge in [-0.1, -0.05) is 0 Å². The van der Waals surface area contributed by atoms with E-state index in [1.807, 2.05) is 0 Å². The molecule has 7 heteroatoms. The van der Waals surface area contributed by atoms with Crippen LogP contribution in [-0.4, -0.2) is 36.3 Å². The van der Waals surface area contributed by atoms with Gasteiger partial charge in [0.15, 0.2) is 0 Å². The quantitative estimate of drug-likeness (QED) is 0.246. The molecule has 0 aliphatic rings. The number of aliphatic carboxylic acids is 1. The second-order valence-electron chi connectivity index (χ2n) is 2.53. The number of carboxylic acid groups (broad SMARTS) is 1. The minimum Gasteiger partial charge on any atom is -0.480 e. The Kier molecular flexibility index (Phi) is 5.84. The van der Waals surface area contributed by atoms with Crippen LogP contribution in [0.5, 0.6) is 0 Å². The molecule has 7 nitrogen and oxygen atoms in total. The van der Waals surface area contributed by atoms with Crippen molar-refractivity contribution in [2.45, 2.75) is 18.9 Å². The standard InChI is InChI=1S/C7H13N5O2/c1-10-5(6(13)14)3-2-4-11-7(8)12-9/h5,9H,1-4H2,(H2,8,11)(H,13,14)/t5-/m0/s1. The maximum absolute atomic E-state index is 10.5. The molecule has 4 N–H and O–H groups in total. The van der Waals surface area contributed by atoms with Crippen LogP contribution in [0.3, 0.4) is 0 Å². The van der Waals surface area contributed by atoms with Crippen molar-refractivity contribution in [3.63, 3.8) is 0 Å². The summed E-state index contributed by atoms with van der Waals surface area (Å²) < 4.78 is 0. The maximum Gasteiger partial charge on any atom is 0.328 e. The molecule has 0 aromatic rings. The van der Waals surface area contributed by atoms with Crippen LogP contribution in [0.15, 0.2) is 15.1 Å². The van der Waals surface area contributed by atoms with Gasteiger partial charge >= 0.3 is 5.97 Å². The summed E-state index contributed by atoms with van der Waals surface area (Å²) in [5.74, 6) is -1.11. The van der Waals surface area contributed by atoms with Crippen LogP contribution >= 0.6 is 0 Å². The minimum absolute atomic E-state index is 0.108. The summed E-state index contributed by atoms with van der Waals surface area (Å²) in [5.41, 5.74) is 11.6. The van der Waals surface area contributed by atoms with Gasteiger partial charge in [-0.15, -0.1) is 5.11 Å². The van der Waals surface area contributed by atoms with E-state index in [1.54, 1.807) is 0 Å². The number of nitrogens with one attached hydrogen (secondary N) is 1. The van der Waals surface area contributed by atoms with E-state index in [0.717, 1.165) is 0 Å². The molecule has 0 saturated carbocycles. The lowest BCUT2D eigenvalue weighted by Crippen LogP contribution is -2.17.